The lowest BCUT2D eigenvalue weighted by Gasteiger charge is -2.44. The summed E-state index contributed by atoms with van der Waals surface area (Å²) in [5, 5.41) is 0. The maximum Gasteiger partial charge on any atom is 0.501 e. The van der Waals surface area contributed by atoms with Crippen LogP contribution in [0.15, 0.2) is 0 Å². The van der Waals surface area contributed by atoms with Gasteiger partial charge in [-0.05, 0) is 16.6 Å². The molecule has 0 rings (SSSR count). The molecule has 0 saturated carbocycles. The van der Waals surface area contributed by atoms with Crippen molar-refractivity contribution >= 4 is 23.1 Å². The van der Waals surface area contributed by atoms with Gasteiger partial charge in [-0.25, -0.2) is 0 Å². The molecule has 150 valence electrons. The van der Waals surface area contributed by atoms with E-state index in [-0.39, 0.29) is 11.9 Å². The van der Waals surface area contributed by atoms with Crippen molar-refractivity contribution in [2.45, 2.75) is 84.0 Å². The molecule has 7 heteroatoms. The Labute approximate surface area is 157 Å². The minimum atomic E-state index is -2.80. The predicted octanol–water partition coefficient (Wildman–Crippen LogP) is 5.00. The summed E-state index contributed by atoms with van der Waals surface area (Å²) in [5.41, 5.74) is 1.23. The molecule has 5 nitrogen and oxygen atoms in total. The van der Waals surface area contributed by atoms with Crippen LogP contribution in [0.25, 0.3) is 0 Å². The van der Waals surface area contributed by atoms with Crippen LogP contribution in [0.2, 0.25) is 22.7 Å². The van der Waals surface area contributed by atoms with Gasteiger partial charge >= 0.3 is 8.80 Å². The van der Waals surface area contributed by atoms with Gasteiger partial charge in [-0.2, -0.15) is 0 Å². The SMILES string of the molecule is CCC(C)[Si](OC(=O)C(C)C[Si](OC)(OC)OC)(C(C)C)C(C)CC. The zero-order chi connectivity index (χ0) is 19.8. The van der Waals surface area contributed by atoms with Gasteiger partial charge < -0.3 is 17.7 Å². The fraction of sp³-hybridized carbons (Fsp3) is 0.944. The van der Waals surface area contributed by atoms with Crippen LogP contribution < -0.4 is 0 Å². The Kier molecular flexibility index (Phi) is 10.7. The summed E-state index contributed by atoms with van der Waals surface area (Å²) in [6.45, 7) is 15.2. The fourth-order valence-corrected chi connectivity index (χ4v) is 11.4. The highest BCUT2D eigenvalue weighted by molar-refractivity contribution is 6.79. The monoisotopic (exact) mass is 392 g/mol. The number of carbonyl (C=O) groups excluding carboxylic acids is 1. The third-order valence-electron chi connectivity index (χ3n) is 5.84. The van der Waals surface area contributed by atoms with Gasteiger partial charge in [-0.1, -0.05) is 61.3 Å². The molecule has 0 amide bonds. The minimum Gasteiger partial charge on any atom is -0.518 e. The molecule has 0 heterocycles. The van der Waals surface area contributed by atoms with Gasteiger partial charge in [0.05, 0.1) is 5.92 Å². The van der Waals surface area contributed by atoms with Crippen LogP contribution in [0.5, 0.6) is 0 Å². The molecule has 0 fully saturated rings. The van der Waals surface area contributed by atoms with E-state index in [9.17, 15) is 4.79 Å². The third-order valence-corrected chi connectivity index (χ3v) is 15.1. The molecule has 0 aliphatic carbocycles. The van der Waals surface area contributed by atoms with Crippen LogP contribution in [0.4, 0.5) is 0 Å². The summed E-state index contributed by atoms with van der Waals surface area (Å²) >= 11 is 0. The van der Waals surface area contributed by atoms with Crippen LogP contribution in [-0.2, 0) is 22.5 Å². The molecule has 0 aromatic rings. The Morgan fingerprint density at radius 1 is 0.840 bits per heavy atom. The summed E-state index contributed by atoms with van der Waals surface area (Å²) in [7, 11) is -0.354. The maximum absolute atomic E-state index is 13.0. The smallest absolute Gasteiger partial charge is 0.501 e. The Hall–Kier alpha value is -0.216. The van der Waals surface area contributed by atoms with Crippen molar-refractivity contribution in [1.29, 1.82) is 0 Å². The van der Waals surface area contributed by atoms with Crippen LogP contribution in [0.1, 0.15) is 61.3 Å². The molecule has 0 saturated heterocycles. The van der Waals surface area contributed by atoms with E-state index in [4.69, 9.17) is 17.7 Å². The maximum atomic E-state index is 13.0. The quantitative estimate of drug-likeness (QED) is 0.437. The molecule has 0 spiro atoms. The summed E-state index contributed by atoms with van der Waals surface area (Å²) in [6, 6.07) is 0.429. The first-order chi connectivity index (χ1) is 11.6. The van der Waals surface area contributed by atoms with E-state index in [0.717, 1.165) is 12.8 Å². The van der Waals surface area contributed by atoms with Crippen molar-refractivity contribution in [2.75, 3.05) is 21.3 Å². The van der Waals surface area contributed by atoms with E-state index >= 15 is 0 Å². The average Bonchev–Trinajstić information content (AvgIpc) is 2.62. The molecular formula is C18H40O5Si2. The van der Waals surface area contributed by atoms with Crippen molar-refractivity contribution in [3.8, 4) is 0 Å². The first-order valence-corrected chi connectivity index (χ1v) is 13.6. The Morgan fingerprint density at radius 2 is 1.24 bits per heavy atom. The van der Waals surface area contributed by atoms with Crippen LogP contribution in [-0.4, -0.2) is 44.4 Å². The second kappa shape index (κ2) is 10.8. The van der Waals surface area contributed by atoms with Gasteiger partial charge in [0, 0.05) is 27.4 Å². The Morgan fingerprint density at radius 3 is 1.52 bits per heavy atom. The number of rotatable bonds is 12. The first-order valence-electron chi connectivity index (χ1n) is 9.48. The summed E-state index contributed by atoms with van der Waals surface area (Å²) in [5.74, 6) is -0.450. The third kappa shape index (κ3) is 5.63. The normalized spacial score (nSPS) is 18.5. The van der Waals surface area contributed by atoms with Crippen molar-refractivity contribution in [3.63, 3.8) is 0 Å². The van der Waals surface area contributed by atoms with E-state index in [2.05, 4.69) is 41.5 Å². The molecule has 0 N–H and O–H groups in total. The van der Waals surface area contributed by atoms with Gasteiger partial charge in [-0.3, -0.25) is 4.79 Å². The molecule has 0 aliphatic rings. The van der Waals surface area contributed by atoms with Crippen molar-refractivity contribution in [2.24, 2.45) is 5.92 Å². The predicted molar refractivity (Wildman–Crippen MR) is 107 cm³/mol. The zero-order valence-electron chi connectivity index (χ0n) is 18.0. The Bertz CT molecular complexity index is 381. The topological polar surface area (TPSA) is 54.0 Å². The molecule has 0 bridgehead atoms. The molecule has 0 aliphatic heterocycles. The molecule has 25 heavy (non-hydrogen) atoms. The lowest BCUT2D eigenvalue weighted by atomic mass is 10.2. The highest BCUT2D eigenvalue weighted by Crippen LogP contribution is 2.46. The van der Waals surface area contributed by atoms with E-state index in [0.29, 0.717) is 22.7 Å². The van der Waals surface area contributed by atoms with Crippen LogP contribution in [0, 0.1) is 5.92 Å². The standard InChI is InChI=1S/C18H40O5Si2/c1-11-16(6)25(14(3)4,17(7)12-2)23-18(19)15(5)13-24(20-8,21-9)22-10/h14-17H,11-13H2,1-10H3. The van der Waals surface area contributed by atoms with E-state index in [1.165, 1.54) is 0 Å². The van der Waals surface area contributed by atoms with Crippen LogP contribution >= 0.6 is 0 Å². The summed E-state index contributed by atoms with van der Waals surface area (Å²) in [4.78, 5) is 13.0. The van der Waals surface area contributed by atoms with Crippen molar-refractivity contribution in [3.05, 3.63) is 0 Å². The van der Waals surface area contributed by atoms with Crippen molar-refractivity contribution in [1.82, 2.24) is 0 Å². The number of carbonyl (C=O) groups is 1. The van der Waals surface area contributed by atoms with E-state index in [1.807, 2.05) is 6.92 Å². The second-order valence-electron chi connectivity index (χ2n) is 7.45. The van der Waals surface area contributed by atoms with Gasteiger partial charge in [0.2, 0.25) is 0 Å². The lowest BCUT2D eigenvalue weighted by molar-refractivity contribution is -0.139. The fourth-order valence-electron chi connectivity index (χ4n) is 3.81. The first kappa shape index (κ1) is 24.8. The summed E-state index contributed by atoms with van der Waals surface area (Å²) in [6.07, 6.45) is 2.06. The van der Waals surface area contributed by atoms with Gasteiger partial charge in [0.1, 0.15) is 0 Å². The highest BCUT2D eigenvalue weighted by atomic mass is 28.4. The van der Waals surface area contributed by atoms with Gasteiger partial charge in [0.25, 0.3) is 14.3 Å². The van der Waals surface area contributed by atoms with Crippen molar-refractivity contribution < 1.29 is 22.5 Å². The number of hydrogen-bond acceptors (Lipinski definition) is 5. The number of hydrogen-bond donors (Lipinski definition) is 0. The lowest BCUT2D eigenvalue weighted by Crippen LogP contribution is -2.52. The zero-order valence-corrected chi connectivity index (χ0v) is 20.0. The highest BCUT2D eigenvalue weighted by Gasteiger charge is 2.51. The largest absolute Gasteiger partial charge is 0.518 e. The van der Waals surface area contributed by atoms with Gasteiger partial charge in [0.15, 0.2) is 0 Å². The minimum absolute atomic E-state index is 0.135. The van der Waals surface area contributed by atoms with Crippen LogP contribution in [0.3, 0.4) is 0 Å². The Balaban J connectivity index is 5.52. The van der Waals surface area contributed by atoms with E-state index in [1.54, 1.807) is 21.3 Å². The second-order valence-corrected chi connectivity index (χ2v) is 15.5. The molecule has 0 aromatic heterocycles. The average molecular weight is 393 g/mol. The molecule has 0 radical (unpaired) electrons. The van der Waals surface area contributed by atoms with Gasteiger partial charge in [-0.15, -0.1) is 0 Å². The molecule has 3 unspecified atom stereocenters. The van der Waals surface area contributed by atoms with E-state index < -0.39 is 17.1 Å². The molecular weight excluding hydrogens is 352 g/mol. The summed E-state index contributed by atoms with van der Waals surface area (Å²) < 4.78 is 22.8. The molecule has 0 aromatic carbocycles. The molecule has 3 atom stereocenters.